The van der Waals surface area contributed by atoms with Gasteiger partial charge in [-0.25, -0.2) is 9.50 Å². The zero-order chi connectivity index (χ0) is 13.2. The van der Waals surface area contributed by atoms with E-state index in [4.69, 9.17) is 5.73 Å². The Morgan fingerprint density at radius 1 is 1.47 bits per heavy atom. The van der Waals surface area contributed by atoms with Gasteiger partial charge in [0.1, 0.15) is 5.52 Å². The number of nitrogens with two attached hydrogens (primary N) is 1. The Morgan fingerprint density at radius 3 is 3.21 bits per heavy atom. The molecule has 5 heteroatoms. The first-order chi connectivity index (χ1) is 9.22. The summed E-state index contributed by atoms with van der Waals surface area (Å²) >= 11 is 0. The minimum atomic E-state index is 0.376. The summed E-state index contributed by atoms with van der Waals surface area (Å²) in [6.45, 7) is 2.95. The molecule has 1 fully saturated rings. The molecule has 0 saturated heterocycles. The van der Waals surface area contributed by atoms with E-state index in [1.807, 2.05) is 17.6 Å². The van der Waals surface area contributed by atoms with Crippen LogP contribution in [0.4, 0.5) is 5.82 Å². The van der Waals surface area contributed by atoms with Crippen LogP contribution in [-0.2, 0) is 0 Å². The average Bonchev–Trinajstić information content (AvgIpc) is 2.77. The van der Waals surface area contributed by atoms with Crippen LogP contribution in [0.3, 0.4) is 0 Å². The zero-order valence-corrected chi connectivity index (χ0v) is 11.3. The van der Waals surface area contributed by atoms with E-state index in [1.54, 1.807) is 6.20 Å². The maximum Gasteiger partial charge on any atom is 0.152 e. The third kappa shape index (κ3) is 2.71. The van der Waals surface area contributed by atoms with Crippen LogP contribution in [-0.4, -0.2) is 27.2 Å². The molecule has 2 heterocycles. The van der Waals surface area contributed by atoms with Gasteiger partial charge in [-0.05, 0) is 38.2 Å². The monoisotopic (exact) mass is 259 g/mol. The highest BCUT2D eigenvalue weighted by molar-refractivity contribution is 5.67. The van der Waals surface area contributed by atoms with Crippen molar-refractivity contribution in [1.82, 2.24) is 14.6 Å². The molecule has 102 valence electrons. The fraction of sp³-hybridized carbons (Fsp3) is 0.571. The highest BCUT2D eigenvalue weighted by Crippen LogP contribution is 2.24. The second-order valence-electron chi connectivity index (χ2n) is 5.56. The van der Waals surface area contributed by atoms with Gasteiger partial charge in [-0.2, -0.15) is 5.10 Å². The fourth-order valence-electron chi connectivity index (χ4n) is 2.94. The van der Waals surface area contributed by atoms with Gasteiger partial charge in [0.2, 0.25) is 0 Å². The van der Waals surface area contributed by atoms with Gasteiger partial charge in [-0.3, -0.25) is 0 Å². The van der Waals surface area contributed by atoms with Crippen molar-refractivity contribution in [3.05, 3.63) is 24.2 Å². The lowest BCUT2D eigenvalue weighted by atomic mass is 9.86. The number of aryl methyl sites for hydroxylation is 1. The molecule has 5 nitrogen and oxygen atoms in total. The van der Waals surface area contributed by atoms with Gasteiger partial charge in [0, 0.05) is 25.0 Å². The van der Waals surface area contributed by atoms with Gasteiger partial charge in [0.15, 0.2) is 5.82 Å². The van der Waals surface area contributed by atoms with Crippen LogP contribution in [0.1, 0.15) is 31.4 Å². The molecular weight excluding hydrogens is 238 g/mol. The highest BCUT2D eigenvalue weighted by Gasteiger charge is 2.19. The largest absolute Gasteiger partial charge is 0.368 e. The van der Waals surface area contributed by atoms with Crippen molar-refractivity contribution in [2.45, 2.75) is 38.6 Å². The van der Waals surface area contributed by atoms with Crippen molar-refractivity contribution >= 4 is 11.3 Å². The summed E-state index contributed by atoms with van der Waals surface area (Å²) in [5.41, 5.74) is 8.08. The maximum absolute atomic E-state index is 6.03. The lowest BCUT2D eigenvalue weighted by molar-refractivity contribution is 0.335. The SMILES string of the molecule is Cc1cc2c(NCC3CCCC(N)C3)nccn2n1. The Balaban J connectivity index is 1.71. The summed E-state index contributed by atoms with van der Waals surface area (Å²) in [6.07, 6.45) is 8.47. The Kier molecular flexibility index (Phi) is 3.38. The van der Waals surface area contributed by atoms with Crippen molar-refractivity contribution in [2.75, 3.05) is 11.9 Å². The second kappa shape index (κ2) is 5.17. The number of rotatable bonds is 3. The number of hydrogen-bond donors (Lipinski definition) is 2. The first-order valence-electron chi connectivity index (χ1n) is 7.03. The minimum Gasteiger partial charge on any atom is -0.368 e. The number of fused-ring (bicyclic) bond motifs is 1. The summed E-state index contributed by atoms with van der Waals surface area (Å²) < 4.78 is 1.87. The van der Waals surface area contributed by atoms with Crippen LogP contribution >= 0.6 is 0 Å². The lowest BCUT2D eigenvalue weighted by Crippen LogP contribution is -2.31. The van der Waals surface area contributed by atoms with Crippen LogP contribution in [0, 0.1) is 12.8 Å². The Hall–Kier alpha value is -1.62. The van der Waals surface area contributed by atoms with Crippen molar-refractivity contribution in [3.63, 3.8) is 0 Å². The van der Waals surface area contributed by atoms with Crippen molar-refractivity contribution in [2.24, 2.45) is 11.7 Å². The van der Waals surface area contributed by atoms with E-state index >= 15 is 0 Å². The van der Waals surface area contributed by atoms with E-state index in [9.17, 15) is 0 Å². The molecule has 1 aliphatic carbocycles. The third-order valence-corrected chi connectivity index (χ3v) is 3.89. The first kappa shape index (κ1) is 12.4. The molecule has 3 N–H and O–H groups in total. The topological polar surface area (TPSA) is 68.2 Å². The van der Waals surface area contributed by atoms with Crippen LogP contribution in [0.25, 0.3) is 5.52 Å². The Bertz CT molecular complexity index is 562. The van der Waals surface area contributed by atoms with E-state index in [-0.39, 0.29) is 0 Å². The van der Waals surface area contributed by atoms with Gasteiger partial charge in [0.25, 0.3) is 0 Å². The average molecular weight is 259 g/mol. The van der Waals surface area contributed by atoms with Crippen LogP contribution in [0.15, 0.2) is 18.5 Å². The molecule has 1 saturated carbocycles. The third-order valence-electron chi connectivity index (χ3n) is 3.89. The molecule has 0 aliphatic heterocycles. The molecule has 0 bridgehead atoms. The predicted molar refractivity (Wildman–Crippen MR) is 76.1 cm³/mol. The van der Waals surface area contributed by atoms with Crippen LogP contribution in [0.2, 0.25) is 0 Å². The van der Waals surface area contributed by atoms with Crippen molar-refractivity contribution in [3.8, 4) is 0 Å². The summed E-state index contributed by atoms with van der Waals surface area (Å²) in [7, 11) is 0. The smallest absolute Gasteiger partial charge is 0.152 e. The van der Waals surface area contributed by atoms with E-state index < -0.39 is 0 Å². The Morgan fingerprint density at radius 2 is 2.37 bits per heavy atom. The number of anilines is 1. The fourth-order valence-corrected chi connectivity index (χ4v) is 2.94. The molecule has 2 aromatic rings. The molecule has 3 rings (SSSR count). The standard InChI is InChI=1S/C14H21N5/c1-10-7-13-14(16-5-6-19(13)18-10)17-9-11-3-2-4-12(15)8-11/h5-7,11-12H,2-4,8-9,15H2,1H3,(H,16,17). The number of nitrogens with one attached hydrogen (secondary N) is 1. The van der Waals surface area contributed by atoms with Crippen molar-refractivity contribution < 1.29 is 0 Å². The molecule has 0 amide bonds. The summed E-state index contributed by atoms with van der Waals surface area (Å²) in [4.78, 5) is 4.42. The van der Waals surface area contributed by atoms with E-state index in [0.717, 1.165) is 30.0 Å². The quantitative estimate of drug-likeness (QED) is 0.884. The highest BCUT2D eigenvalue weighted by atomic mass is 15.2. The number of aromatic nitrogens is 3. The zero-order valence-electron chi connectivity index (χ0n) is 11.3. The number of nitrogens with zero attached hydrogens (tertiary/aromatic N) is 3. The van der Waals surface area contributed by atoms with Crippen LogP contribution < -0.4 is 11.1 Å². The molecule has 1 aliphatic rings. The summed E-state index contributed by atoms with van der Waals surface area (Å²) in [5, 5.41) is 7.86. The molecule has 19 heavy (non-hydrogen) atoms. The normalized spacial score (nSPS) is 23.7. The summed E-state index contributed by atoms with van der Waals surface area (Å²) in [6, 6.07) is 2.43. The van der Waals surface area contributed by atoms with E-state index in [0.29, 0.717) is 12.0 Å². The van der Waals surface area contributed by atoms with Gasteiger partial charge < -0.3 is 11.1 Å². The molecule has 0 radical (unpaired) electrons. The van der Waals surface area contributed by atoms with Gasteiger partial charge >= 0.3 is 0 Å². The molecule has 2 aromatic heterocycles. The molecule has 2 unspecified atom stereocenters. The Labute approximate surface area is 113 Å². The van der Waals surface area contributed by atoms with Crippen LogP contribution in [0.5, 0.6) is 0 Å². The lowest BCUT2D eigenvalue weighted by Gasteiger charge is -2.26. The molecule has 0 spiro atoms. The second-order valence-corrected chi connectivity index (χ2v) is 5.56. The molecule has 0 aromatic carbocycles. The molecular formula is C14H21N5. The van der Waals surface area contributed by atoms with Crippen molar-refractivity contribution in [1.29, 1.82) is 0 Å². The summed E-state index contributed by atoms with van der Waals surface area (Å²) in [5.74, 6) is 1.58. The minimum absolute atomic E-state index is 0.376. The predicted octanol–water partition coefficient (Wildman–Crippen LogP) is 1.97. The van der Waals surface area contributed by atoms with Gasteiger partial charge in [-0.15, -0.1) is 0 Å². The van der Waals surface area contributed by atoms with Gasteiger partial charge in [-0.1, -0.05) is 6.42 Å². The van der Waals surface area contributed by atoms with E-state index in [2.05, 4.69) is 21.5 Å². The maximum atomic E-state index is 6.03. The number of hydrogen-bond acceptors (Lipinski definition) is 4. The van der Waals surface area contributed by atoms with E-state index in [1.165, 1.54) is 19.3 Å². The van der Waals surface area contributed by atoms with Gasteiger partial charge in [0.05, 0.1) is 5.69 Å². The molecule has 2 atom stereocenters. The first-order valence-corrected chi connectivity index (χ1v) is 7.03.